The van der Waals surface area contributed by atoms with Gasteiger partial charge >= 0.3 is 6.85 Å². The molecular formula is C35H26BN. The Bertz CT molecular complexity index is 2010. The molecule has 0 amide bonds. The molecular weight excluding hydrogens is 445 g/mol. The Morgan fingerprint density at radius 3 is 2.03 bits per heavy atom. The zero-order chi connectivity index (χ0) is 24.8. The SMILES string of the molecule is Cc1cc(C)c(B2Nc3ccc4ccccc4c3-c3c2cc2ccc4cccc5ccc3c2c45)c(C)c1. The van der Waals surface area contributed by atoms with Gasteiger partial charge in [-0.3, -0.25) is 0 Å². The normalized spacial score (nSPS) is 12.9. The smallest absolute Gasteiger partial charge is 0.322 e. The number of anilines is 1. The highest BCUT2D eigenvalue weighted by Crippen LogP contribution is 2.44. The van der Waals surface area contributed by atoms with Crippen LogP contribution < -0.4 is 16.2 Å². The van der Waals surface area contributed by atoms with Gasteiger partial charge in [0.2, 0.25) is 0 Å². The number of hydrogen-bond acceptors (Lipinski definition) is 1. The average Bonchev–Trinajstić information content (AvgIpc) is 2.90. The second-order valence-corrected chi connectivity index (χ2v) is 10.8. The summed E-state index contributed by atoms with van der Waals surface area (Å²) in [5, 5.41) is 14.6. The van der Waals surface area contributed by atoms with Crippen LogP contribution in [0, 0.1) is 20.8 Å². The van der Waals surface area contributed by atoms with E-state index in [0.717, 1.165) is 0 Å². The Morgan fingerprint density at radius 1 is 0.541 bits per heavy atom. The molecule has 1 aliphatic heterocycles. The molecule has 37 heavy (non-hydrogen) atoms. The minimum Gasteiger partial charge on any atom is -0.420 e. The largest absolute Gasteiger partial charge is 0.420 e. The molecule has 0 atom stereocenters. The van der Waals surface area contributed by atoms with Crippen LogP contribution in [0.1, 0.15) is 16.7 Å². The first-order valence-electron chi connectivity index (χ1n) is 13.2. The molecule has 1 nitrogen and oxygen atoms in total. The van der Waals surface area contributed by atoms with Crippen molar-refractivity contribution < 1.29 is 0 Å². The van der Waals surface area contributed by atoms with Gasteiger partial charge in [0.1, 0.15) is 0 Å². The number of nitrogens with one attached hydrogen (secondary N) is 1. The van der Waals surface area contributed by atoms with E-state index in [1.54, 1.807) is 0 Å². The van der Waals surface area contributed by atoms with Crippen LogP contribution in [0.15, 0.2) is 97.1 Å². The lowest BCUT2D eigenvalue weighted by atomic mass is 9.45. The quantitative estimate of drug-likeness (QED) is 0.190. The van der Waals surface area contributed by atoms with E-state index >= 15 is 0 Å². The van der Waals surface area contributed by atoms with Gasteiger partial charge in [0.25, 0.3) is 0 Å². The van der Waals surface area contributed by atoms with Crippen LogP contribution in [0.5, 0.6) is 0 Å². The molecule has 0 fully saturated rings. The maximum Gasteiger partial charge on any atom is 0.322 e. The summed E-state index contributed by atoms with van der Waals surface area (Å²) in [6, 6.07) is 36.4. The van der Waals surface area contributed by atoms with Crippen LogP contribution in [0.2, 0.25) is 0 Å². The summed E-state index contributed by atoms with van der Waals surface area (Å²) in [5.41, 5.74) is 10.7. The molecule has 7 aromatic carbocycles. The summed E-state index contributed by atoms with van der Waals surface area (Å²) < 4.78 is 0. The minimum atomic E-state index is 0.0891. The number of rotatable bonds is 1. The van der Waals surface area contributed by atoms with Crippen molar-refractivity contribution in [3.05, 3.63) is 114 Å². The Morgan fingerprint density at radius 2 is 1.22 bits per heavy atom. The first-order valence-corrected chi connectivity index (χ1v) is 13.2. The van der Waals surface area contributed by atoms with Gasteiger partial charge in [-0.05, 0) is 86.4 Å². The Balaban J connectivity index is 1.58. The Labute approximate surface area is 217 Å². The second-order valence-electron chi connectivity index (χ2n) is 10.8. The third-order valence-electron chi connectivity index (χ3n) is 8.49. The number of fused-ring (bicyclic) bond motifs is 6. The van der Waals surface area contributed by atoms with Gasteiger partial charge < -0.3 is 5.23 Å². The Kier molecular flexibility index (Phi) is 4.15. The molecule has 7 aromatic rings. The van der Waals surface area contributed by atoms with Crippen LogP contribution >= 0.6 is 0 Å². The van der Waals surface area contributed by atoms with Crippen LogP contribution in [0.4, 0.5) is 5.69 Å². The number of aryl methyl sites for hydroxylation is 3. The van der Waals surface area contributed by atoms with E-state index in [-0.39, 0.29) is 6.85 Å². The van der Waals surface area contributed by atoms with E-state index < -0.39 is 0 Å². The van der Waals surface area contributed by atoms with E-state index in [4.69, 9.17) is 0 Å². The summed E-state index contributed by atoms with van der Waals surface area (Å²) in [4.78, 5) is 0. The standard InChI is InChI=1S/C35H26BN/c1-20-17-21(2)35(22(3)18-20)36-29-19-26-12-11-24-8-6-9-25-13-15-28(32(26)31(24)25)33(29)34-27-10-5-4-7-23(27)14-16-30(34)37-36/h4-19,37H,1-3H3. The van der Waals surface area contributed by atoms with Crippen molar-refractivity contribution in [2.45, 2.75) is 20.8 Å². The molecule has 8 rings (SSSR count). The maximum absolute atomic E-state index is 4.01. The molecule has 0 spiro atoms. The predicted molar refractivity (Wildman–Crippen MR) is 162 cm³/mol. The summed E-state index contributed by atoms with van der Waals surface area (Å²) in [6.07, 6.45) is 0. The molecule has 0 radical (unpaired) electrons. The van der Waals surface area contributed by atoms with Crippen LogP contribution in [-0.4, -0.2) is 6.85 Å². The van der Waals surface area contributed by atoms with Crippen molar-refractivity contribution in [1.29, 1.82) is 0 Å². The van der Waals surface area contributed by atoms with Crippen LogP contribution in [0.25, 0.3) is 54.2 Å². The van der Waals surface area contributed by atoms with E-state index in [9.17, 15) is 0 Å². The van der Waals surface area contributed by atoms with Gasteiger partial charge in [0.15, 0.2) is 0 Å². The summed E-state index contributed by atoms with van der Waals surface area (Å²) >= 11 is 0. The van der Waals surface area contributed by atoms with Gasteiger partial charge in [-0.25, -0.2) is 0 Å². The fourth-order valence-corrected chi connectivity index (χ4v) is 7.11. The van der Waals surface area contributed by atoms with Crippen molar-refractivity contribution in [2.75, 3.05) is 5.23 Å². The second kappa shape index (κ2) is 7.37. The van der Waals surface area contributed by atoms with E-state index in [0.29, 0.717) is 0 Å². The lowest BCUT2D eigenvalue weighted by molar-refractivity contribution is 1.35. The molecule has 0 bridgehead atoms. The highest BCUT2D eigenvalue weighted by atomic mass is 14.8. The molecule has 1 N–H and O–H groups in total. The fraction of sp³-hybridized carbons (Fsp3) is 0.0857. The molecule has 1 heterocycles. The van der Waals surface area contributed by atoms with Crippen LogP contribution in [0.3, 0.4) is 0 Å². The fourth-order valence-electron chi connectivity index (χ4n) is 7.11. The van der Waals surface area contributed by atoms with Crippen molar-refractivity contribution >= 4 is 66.6 Å². The summed E-state index contributed by atoms with van der Waals surface area (Å²) in [5.74, 6) is 0. The molecule has 0 aliphatic carbocycles. The van der Waals surface area contributed by atoms with Crippen LogP contribution in [-0.2, 0) is 0 Å². The molecule has 0 saturated carbocycles. The van der Waals surface area contributed by atoms with E-state index in [2.05, 4.69) is 123 Å². The van der Waals surface area contributed by atoms with Crippen molar-refractivity contribution in [3.8, 4) is 11.1 Å². The van der Waals surface area contributed by atoms with E-state index in [1.165, 1.54) is 87.5 Å². The van der Waals surface area contributed by atoms with Gasteiger partial charge in [0.05, 0.1) is 0 Å². The monoisotopic (exact) mass is 471 g/mol. The topological polar surface area (TPSA) is 12.0 Å². The zero-order valence-electron chi connectivity index (χ0n) is 21.3. The number of benzene rings is 7. The zero-order valence-corrected chi connectivity index (χ0v) is 21.3. The van der Waals surface area contributed by atoms with Crippen molar-refractivity contribution in [1.82, 2.24) is 0 Å². The molecule has 0 unspecified atom stereocenters. The molecule has 2 heteroatoms. The lowest BCUT2D eigenvalue weighted by Gasteiger charge is -2.32. The predicted octanol–water partition coefficient (Wildman–Crippen LogP) is 7.86. The van der Waals surface area contributed by atoms with Crippen molar-refractivity contribution in [2.24, 2.45) is 0 Å². The maximum atomic E-state index is 4.01. The third-order valence-corrected chi connectivity index (χ3v) is 8.49. The molecule has 0 saturated heterocycles. The van der Waals surface area contributed by atoms with Gasteiger partial charge in [-0.15, -0.1) is 0 Å². The van der Waals surface area contributed by atoms with Crippen molar-refractivity contribution in [3.63, 3.8) is 0 Å². The summed E-state index contributed by atoms with van der Waals surface area (Å²) in [6.45, 7) is 6.80. The first kappa shape index (κ1) is 20.9. The highest BCUT2D eigenvalue weighted by molar-refractivity contribution is 6.90. The third kappa shape index (κ3) is 2.81. The summed E-state index contributed by atoms with van der Waals surface area (Å²) in [7, 11) is 0. The minimum absolute atomic E-state index is 0.0891. The first-order chi connectivity index (χ1) is 18.1. The Hall–Kier alpha value is -4.30. The molecule has 0 aromatic heterocycles. The van der Waals surface area contributed by atoms with Gasteiger partial charge in [-0.1, -0.05) is 108 Å². The van der Waals surface area contributed by atoms with Gasteiger partial charge in [0, 0.05) is 11.3 Å². The van der Waals surface area contributed by atoms with E-state index in [1.807, 2.05) is 0 Å². The van der Waals surface area contributed by atoms with Gasteiger partial charge in [-0.2, -0.15) is 0 Å². The average molecular weight is 471 g/mol. The highest BCUT2D eigenvalue weighted by Gasteiger charge is 2.34. The molecule has 174 valence electrons. The molecule has 1 aliphatic rings. The number of hydrogen-bond donors (Lipinski definition) is 1. The lowest BCUT2D eigenvalue weighted by Crippen LogP contribution is -2.54.